The number of piperidine rings is 1. The van der Waals surface area contributed by atoms with Gasteiger partial charge in [-0.2, -0.15) is 0 Å². The standard InChI is InChI=1S/C19H25N3O2/c1-13-5-6-18-15(10-13)11-17(14(2)21-18)19(24)20-7-9-22-8-3-4-16(23)12-22/h5-6,10-11,16,23H,3-4,7-9,12H2,1-2H3,(H,20,24)/t16-/m1/s1. The highest BCUT2D eigenvalue weighted by Crippen LogP contribution is 2.18. The summed E-state index contributed by atoms with van der Waals surface area (Å²) in [5.74, 6) is -0.0824. The summed E-state index contributed by atoms with van der Waals surface area (Å²) >= 11 is 0. The third-order valence-corrected chi connectivity index (χ3v) is 4.60. The Balaban J connectivity index is 1.64. The molecule has 2 heterocycles. The van der Waals surface area contributed by atoms with E-state index in [0.717, 1.165) is 48.1 Å². The minimum Gasteiger partial charge on any atom is -0.392 e. The third-order valence-electron chi connectivity index (χ3n) is 4.60. The van der Waals surface area contributed by atoms with E-state index in [1.54, 1.807) is 0 Å². The van der Waals surface area contributed by atoms with Gasteiger partial charge in [-0.15, -0.1) is 0 Å². The van der Waals surface area contributed by atoms with Crippen molar-refractivity contribution in [1.29, 1.82) is 0 Å². The van der Waals surface area contributed by atoms with Crippen LogP contribution in [-0.2, 0) is 0 Å². The monoisotopic (exact) mass is 327 g/mol. The number of hydrogen-bond acceptors (Lipinski definition) is 4. The zero-order valence-corrected chi connectivity index (χ0v) is 14.4. The second-order valence-corrected chi connectivity index (χ2v) is 6.67. The molecule has 0 radical (unpaired) electrons. The number of β-amino-alcohol motifs (C(OH)–C–C–N with tert-alkyl or cyclic N) is 1. The molecule has 5 heteroatoms. The number of likely N-dealkylation sites (tertiary alicyclic amines) is 1. The predicted octanol–water partition coefficient (Wildman–Crippen LogP) is 2.04. The van der Waals surface area contributed by atoms with Crippen molar-refractivity contribution in [2.24, 2.45) is 0 Å². The Labute approximate surface area is 142 Å². The summed E-state index contributed by atoms with van der Waals surface area (Å²) in [6.45, 7) is 6.94. The second kappa shape index (κ2) is 7.28. The number of aromatic nitrogens is 1. The third kappa shape index (κ3) is 3.91. The lowest BCUT2D eigenvalue weighted by Gasteiger charge is -2.29. The largest absolute Gasteiger partial charge is 0.392 e. The summed E-state index contributed by atoms with van der Waals surface area (Å²) in [5, 5.41) is 13.7. The summed E-state index contributed by atoms with van der Waals surface area (Å²) in [7, 11) is 0. The van der Waals surface area contributed by atoms with Crippen LogP contribution in [0.1, 0.15) is 34.5 Å². The van der Waals surface area contributed by atoms with Gasteiger partial charge in [-0.05, 0) is 51.4 Å². The topological polar surface area (TPSA) is 65.5 Å². The molecule has 2 N–H and O–H groups in total. The maximum absolute atomic E-state index is 12.5. The predicted molar refractivity (Wildman–Crippen MR) is 95.2 cm³/mol. The van der Waals surface area contributed by atoms with Gasteiger partial charge in [0.15, 0.2) is 0 Å². The number of amides is 1. The highest BCUT2D eigenvalue weighted by Gasteiger charge is 2.17. The summed E-state index contributed by atoms with van der Waals surface area (Å²) in [6, 6.07) is 7.99. The Morgan fingerprint density at radius 3 is 3.00 bits per heavy atom. The quantitative estimate of drug-likeness (QED) is 0.902. The summed E-state index contributed by atoms with van der Waals surface area (Å²) in [6.07, 6.45) is 1.66. The Morgan fingerprint density at radius 1 is 1.38 bits per heavy atom. The minimum atomic E-state index is -0.232. The Kier molecular flexibility index (Phi) is 5.11. The average molecular weight is 327 g/mol. The lowest BCUT2D eigenvalue weighted by atomic mass is 10.1. The lowest BCUT2D eigenvalue weighted by molar-refractivity contribution is 0.0703. The number of aliphatic hydroxyl groups excluding tert-OH is 1. The molecule has 0 bridgehead atoms. The Hall–Kier alpha value is -1.98. The minimum absolute atomic E-state index is 0.0824. The van der Waals surface area contributed by atoms with Crippen LogP contribution in [0.3, 0.4) is 0 Å². The van der Waals surface area contributed by atoms with Crippen LogP contribution in [0.5, 0.6) is 0 Å². The number of carbonyl (C=O) groups excluding carboxylic acids is 1. The normalized spacial score (nSPS) is 18.7. The molecule has 1 fully saturated rings. The molecule has 1 aliphatic heterocycles. The van der Waals surface area contributed by atoms with E-state index in [4.69, 9.17) is 0 Å². The zero-order valence-electron chi connectivity index (χ0n) is 14.4. The number of carbonyl (C=O) groups is 1. The molecule has 24 heavy (non-hydrogen) atoms. The van der Waals surface area contributed by atoms with Crippen LogP contribution in [0.15, 0.2) is 24.3 Å². The van der Waals surface area contributed by atoms with Crippen molar-refractivity contribution in [2.45, 2.75) is 32.8 Å². The molecule has 128 valence electrons. The fourth-order valence-electron chi connectivity index (χ4n) is 3.28. The number of rotatable bonds is 4. The van der Waals surface area contributed by atoms with E-state index in [-0.39, 0.29) is 12.0 Å². The molecule has 1 amide bonds. The molecular weight excluding hydrogens is 302 g/mol. The first kappa shape index (κ1) is 16.9. The van der Waals surface area contributed by atoms with Crippen molar-refractivity contribution in [1.82, 2.24) is 15.2 Å². The maximum atomic E-state index is 12.5. The number of hydrogen-bond donors (Lipinski definition) is 2. The van der Waals surface area contributed by atoms with Gasteiger partial charge in [0.25, 0.3) is 5.91 Å². The maximum Gasteiger partial charge on any atom is 0.253 e. The Bertz CT molecular complexity index is 745. The average Bonchev–Trinajstić information content (AvgIpc) is 2.54. The van der Waals surface area contributed by atoms with Crippen molar-refractivity contribution >= 4 is 16.8 Å². The van der Waals surface area contributed by atoms with Gasteiger partial charge >= 0.3 is 0 Å². The van der Waals surface area contributed by atoms with Gasteiger partial charge in [0.1, 0.15) is 0 Å². The van der Waals surface area contributed by atoms with Gasteiger partial charge in [-0.1, -0.05) is 11.6 Å². The highest BCUT2D eigenvalue weighted by molar-refractivity contribution is 5.98. The molecule has 0 spiro atoms. The van der Waals surface area contributed by atoms with E-state index >= 15 is 0 Å². The van der Waals surface area contributed by atoms with Crippen LogP contribution in [0.2, 0.25) is 0 Å². The van der Waals surface area contributed by atoms with Crippen molar-refractivity contribution in [2.75, 3.05) is 26.2 Å². The molecule has 1 atom stereocenters. The molecule has 1 aliphatic rings. The van der Waals surface area contributed by atoms with Crippen LogP contribution in [0, 0.1) is 13.8 Å². The summed E-state index contributed by atoms with van der Waals surface area (Å²) in [5.41, 5.74) is 3.45. The van der Waals surface area contributed by atoms with E-state index in [2.05, 4.69) is 15.2 Å². The number of aryl methyl sites for hydroxylation is 2. The second-order valence-electron chi connectivity index (χ2n) is 6.67. The van der Waals surface area contributed by atoms with E-state index in [1.807, 2.05) is 38.1 Å². The molecule has 0 unspecified atom stereocenters. The van der Waals surface area contributed by atoms with Crippen LogP contribution in [-0.4, -0.2) is 53.2 Å². The number of nitrogens with zero attached hydrogens (tertiary/aromatic N) is 2. The molecule has 0 saturated carbocycles. The summed E-state index contributed by atoms with van der Waals surface area (Å²) in [4.78, 5) is 19.2. The number of nitrogens with one attached hydrogen (secondary N) is 1. The van der Waals surface area contributed by atoms with E-state index in [0.29, 0.717) is 18.7 Å². The van der Waals surface area contributed by atoms with Crippen LogP contribution >= 0.6 is 0 Å². The van der Waals surface area contributed by atoms with Crippen LogP contribution in [0.25, 0.3) is 10.9 Å². The number of pyridine rings is 1. The molecular formula is C19H25N3O2. The molecule has 5 nitrogen and oxygen atoms in total. The summed E-state index contributed by atoms with van der Waals surface area (Å²) < 4.78 is 0. The van der Waals surface area contributed by atoms with Crippen LogP contribution in [0.4, 0.5) is 0 Å². The molecule has 3 rings (SSSR count). The Morgan fingerprint density at radius 2 is 2.21 bits per heavy atom. The molecule has 2 aromatic rings. The van der Waals surface area contributed by atoms with Crippen molar-refractivity contribution in [3.05, 3.63) is 41.1 Å². The van der Waals surface area contributed by atoms with Gasteiger partial charge in [0.05, 0.1) is 22.9 Å². The number of aliphatic hydroxyl groups is 1. The smallest absolute Gasteiger partial charge is 0.253 e. The van der Waals surface area contributed by atoms with Gasteiger partial charge in [0, 0.05) is 25.0 Å². The number of fused-ring (bicyclic) bond motifs is 1. The van der Waals surface area contributed by atoms with Crippen LogP contribution < -0.4 is 5.32 Å². The van der Waals surface area contributed by atoms with Gasteiger partial charge in [-0.25, -0.2) is 0 Å². The zero-order chi connectivity index (χ0) is 17.1. The fourth-order valence-corrected chi connectivity index (χ4v) is 3.28. The lowest BCUT2D eigenvalue weighted by Crippen LogP contribution is -2.42. The van der Waals surface area contributed by atoms with Crippen molar-refractivity contribution in [3.63, 3.8) is 0 Å². The van der Waals surface area contributed by atoms with Gasteiger partial charge in [-0.3, -0.25) is 14.7 Å². The van der Waals surface area contributed by atoms with Gasteiger partial charge < -0.3 is 10.4 Å². The van der Waals surface area contributed by atoms with Gasteiger partial charge in [0.2, 0.25) is 0 Å². The molecule has 1 saturated heterocycles. The first-order valence-electron chi connectivity index (χ1n) is 8.59. The fraction of sp³-hybridized carbons (Fsp3) is 0.474. The highest BCUT2D eigenvalue weighted by atomic mass is 16.3. The first-order chi connectivity index (χ1) is 11.5. The molecule has 1 aromatic carbocycles. The van der Waals surface area contributed by atoms with Crippen molar-refractivity contribution in [3.8, 4) is 0 Å². The number of benzene rings is 1. The van der Waals surface area contributed by atoms with E-state index < -0.39 is 0 Å². The van der Waals surface area contributed by atoms with E-state index in [9.17, 15) is 9.90 Å². The first-order valence-corrected chi connectivity index (χ1v) is 8.59. The molecule has 0 aliphatic carbocycles. The molecule has 1 aromatic heterocycles. The van der Waals surface area contributed by atoms with E-state index in [1.165, 1.54) is 0 Å². The van der Waals surface area contributed by atoms with Crippen molar-refractivity contribution < 1.29 is 9.90 Å². The SMILES string of the molecule is Cc1ccc2nc(C)c(C(=O)NCCN3CCC[C@@H](O)C3)cc2c1.